The lowest BCUT2D eigenvalue weighted by atomic mass is 10.2. The van der Waals surface area contributed by atoms with Crippen LogP contribution in [0.1, 0.15) is 30.6 Å². The van der Waals surface area contributed by atoms with Gasteiger partial charge in [0, 0.05) is 11.5 Å². The number of thiol groups is 1. The van der Waals surface area contributed by atoms with Gasteiger partial charge in [-0.05, 0) is 30.0 Å². The van der Waals surface area contributed by atoms with E-state index in [1.807, 2.05) is 0 Å². The van der Waals surface area contributed by atoms with Gasteiger partial charge in [0.1, 0.15) is 0 Å². The molecule has 0 aromatic carbocycles. The molecule has 0 fully saturated rings. The van der Waals surface area contributed by atoms with Crippen molar-refractivity contribution in [1.82, 2.24) is 0 Å². The van der Waals surface area contributed by atoms with Crippen molar-refractivity contribution in [2.75, 3.05) is 12.4 Å². The van der Waals surface area contributed by atoms with E-state index in [-0.39, 0.29) is 0 Å². The number of ether oxygens (including phenoxy) is 1. The average Bonchev–Trinajstić information content (AvgIpc) is 2.69. The van der Waals surface area contributed by atoms with Crippen LogP contribution in [0.15, 0.2) is 17.5 Å². The molecule has 0 spiro atoms. The first-order valence-corrected chi connectivity index (χ1v) is 6.65. The Morgan fingerprint density at radius 2 is 2.07 bits per heavy atom. The summed E-state index contributed by atoms with van der Waals surface area (Å²) in [4.78, 5) is 1.32. The van der Waals surface area contributed by atoms with Crippen molar-refractivity contribution >= 4 is 24.0 Å². The van der Waals surface area contributed by atoms with Crippen LogP contribution in [0.4, 0.5) is 0 Å². The molecular weight excluding hydrogens is 212 g/mol. The third kappa shape index (κ3) is 5.68. The maximum absolute atomic E-state index is 5.55. The van der Waals surface area contributed by atoms with E-state index in [0.29, 0.717) is 0 Å². The van der Waals surface area contributed by atoms with E-state index in [9.17, 15) is 0 Å². The van der Waals surface area contributed by atoms with Gasteiger partial charge in [-0.3, -0.25) is 0 Å². The van der Waals surface area contributed by atoms with Gasteiger partial charge in [-0.1, -0.05) is 18.9 Å². The van der Waals surface area contributed by atoms with Crippen molar-refractivity contribution in [3.63, 3.8) is 0 Å². The van der Waals surface area contributed by atoms with Crippen LogP contribution < -0.4 is 0 Å². The fraction of sp³-hybridized carbons (Fsp3) is 0.636. The van der Waals surface area contributed by atoms with Gasteiger partial charge in [0.25, 0.3) is 0 Å². The zero-order valence-corrected chi connectivity index (χ0v) is 10.2. The monoisotopic (exact) mass is 230 g/mol. The second-order valence-electron chi connectivity index (χ2n) is 3.27. The summed E-state index contributed by atoms with van der Waals surface area (Å²) >= 11 is 5.93. The van der Waals surface area contributed by atoms with Gasteiger partial charge in [0.2, 0.25) is 0 Å². The normalized spacial score (nSPS) is 10.6. The topological polar surface area (TPSA) is 9.23 Å². The average molecular weight is 230 g/mol. The highest BCUT2D eigenvalue weighted by Gasteiger charge is 1.93. The summed E-state index contributed by atoms with van der Waals surface area (Å²) in [6.45, 7) is 1.68. The lowest BCUT2D eigenvalue weighted by Crippen LogP contribution is -1.93. The highest BCUT2D eigenvalue weighted by molar-refractivity contribution is 7.80. The molecule has 1 rings (SSSR count). The fourth-order valence-corrected chi connectivity index (χ4v) is 2.10. The number of thiophene rings is 1. The molecule has 0 aliphatic heterocycles. The van der Waals surface area contributed by atoms with E-state index < -0.39 is 0 Å². The molecule has 1 aromatic rings. The molecule has 80 valence electrons. The molecule has 14 heavy (non-hydrogen) atoms. The van der Waals surface area contributed by atoms with Crippen LogP contribution in [0.5, 0.6) is 0 Å². The largest absolute Gasteiger partial charge is 0.376 e. The van der Waals surface area contributed by atoms with Gasteiger partial charge in [-0.15, -0.1) is 11.3 Å². The number of hydrogen-bond acceptors (Lipinski definition) is 3. The third-order valence-corrected chi connectivity index (χ3v) is 3.19. The summed E-state index contributed by atoms with van der Waals surface area (Å²) in [5, 5.41) is 2.09. The minimum Gasteiger partial charge on any atom is -0.376 e. The molecule has 0 saturated heterocycles. The van der Waals surface area contributed by atoms with Crippen LogP contribution in [0.2, 0.25) is 0 Å². The first kappa shape index (κ1) is 12.1. The second kappa shape index (κ2) is 8.33. The van der Waals surface area contributed by atoms with E-state index in [0.717, 1.165) is 19.0 Å². The molecule has 0 amide bonds. The van der Waals surface area contributed by atoms with E-state index in [1.165, 1.54) is 30.6 Å². The number of unbranched alkanes of at least 4 members (excludes halogenated alkanes) is 3. The Morgan fingerprint density at radius 3 is 2.79 bits per heavy atom. The van der Waals surface area contributed by atoms with E-state index in [2.05, 4.69) is 30.1 Å². The highest BCUT2D eigenvalue weighted by atomic mass is 32.1. The summed E-state index contributed by atoms with van der Waals surface area (Å²) in [7, 11) is 0. The fourth-order valence-electron chi connectivity index (χ4n) is 1.24. The predicted octanol–water partition coefficient (Wildman–Crippen LogP) is 3.75. The molecule has 0 atom stereocenters. The molecule has 0 saturated carbocycles. The van der Waals surface area contributed by atoms with E-state index in [1.54, 1.807) is 11.3 Å². The predicted molar refractivity (Wildman–Crippen MR) is 66.3 cm³/mol. The molecule has 0 unspecified atom stereocenters. The highest BCUT2D eigenvalue weighted by Crippen LogP contribution is 2.10. The Morgan fingerprint density at radius 1 is 1.21 bits per heavy atom. The molecule has 3 heteroatoms. The van der Waals surface area contributed by atoms with Crippen molar-refractivity contribution in [2.24, 2.45) is 0 Å². The van der Waals surface area contributed by atoms with Crippen molar-refractivity contribution in [3.8, 4) is 0 Å². The van der Waals surface area contributed by atoms with E-state index >= 15 is 0 Å². The minimum atomic E-state index is 0.782. The number of rotatable bonds is 8. The third-order valence-electron chi connectivity index (χ3n) is 2.02. The molecule has 0 radical (unpaired) electrons. The molecule has 0 bridgehead atoms. The van der Waals surface area contributed by atoms with Crippen LogP contribution in [-0.4, -0.2) is 12.4 Å². The summed E-state index contributed by atoms with van der Waals surface area (Å²) in [5.74, 6) is 1.01. The van der Waals surface area contributed by atoms with Gasteiger partial charge in [0.05, 0.1) is 6.61 Å². The van der Waals surface area contributed by atoms with Crippen molar-refractivity contribution in [1.29, 1.82) is 0 Å². The Labute approximate surface area is 95.9 Å². The summed E-state index contributed by atoms with van der Waals surface area (Å²) in [6, 6.07) is 4.18. The summed E-state index contributed by atoms with van der Waals surface area (Å²) in [6.07, 6.45) is 4.96. The molecule has 1 aromatic heterocycles. The zero-order valence-electron chi connectivity index (χ0n) is 8.45. The first-order chi connectivity index (χ1) is 6.93. The molecule has 1 heterocycles. The first-order valence-electron chi connectivity index (χ1n) is 5.14. The van der Waals surface area contributed by atoms with Gasteiger partial charge >= 0.3 is 0 Å². The van der Waals surface area contributed by atoms with Crippen molar-refractivity contribution < 1.29 is 4.74 Å². The van der Waals surface area contributed by atoms with Crippen molar-refractivity contribution in [2.45, 2.75) is 32.3 Å². The lowest BCUT2D eigenvalue weighted by Gasteiger charge is -2.01. The van der Waals surface area contributed by atoms with Gasteiger partial charge in [0.15, 0.2) is 0 Å². The molecular formula is C11H18OS2. The molecule has 1 nitrogen and oxygen atoms in total. The minimum absolute atomic E-state index is 0.782. The number of hydrogen-bond donors (Lipinski definition) is 1. The van der Waals surface area contributed by atoms with Gasteiger partial charge in [-0.25, -0.2) is 0 Å². The Balaban J connectivity index is 1.85. The van der Waals surface area contributed by atoms with Gasteiger partial charge in [-0.2, -0.15) is 12.6 Å². The second-order valence-corrected chi connectivity index (χ2v) is 4.75. The quantitative estimate of drug-likeness (QED) is 0.528. The van der Waals surface area contributed by atoms with Crippen LogP contribution in [-0.2, 0) is 11.3 Å². The molecule has 0 aliphatic rings. The van der Waals surface area contributed by atoms with Crippen LogP contribution >= 0.6 is 24.0 Å². The summed E-state index contributed by atoms with van der Waals surface area (Å²) in [5.41, 5.74) is 0. The summed E-state index contributed by atoms with van der Waals surface area (Å²) < 4.78 is 5.55. The lowest BCUT2D eigenvalue weighted by molar-refractivity contribution is 0.119. The zero-order chi connectivity index (χ0) is 10.1. The Bertz CT molecular complexity index is 209. The Hall–Kier alpha value is 0.01000. The van der Waals surface area contributed by atoms with Crippen molar-refractivity contribution in [3.05, 3.63) is 22.4 Å². The van der Waals surface area contributed by atoms with E-state index in [4.69, 9.17) is 4.74 Å². The van der Waals surface area contributed by atoms with Crippen LogP contribution in [0, 0.1) is 0 Å². The molecule has 0 aliphatic carbocycles. The standard InChI is InChI=1S/C11H18OS2/c13-8-4-2-1-3-7-12-10-11-6-5-9-14-11/h5-6,9,13H,1-4,7-8,10H2. The molecule has 0 N–H and O–H groups in total. The van der Waals surface area contributed by atoms with Crippen LogP contribution in [0.3, 0.4) is 0 Å². The Kier molecular flexibility index (Phi) is 7.19. The SMILES string of the molecule is SCCCCCCOCc1cccs1. The maximum Gasteiger partial charge on any atom is 0.0809 e. The van der Waals surface area contributed by atoms with Crippen LogP contribution in [0.25, 0.3) is 0 Å². The van der Waals surface area contributed by atoms with Gasteiger partial charge < -0.3 is 4.74 Å². The smallest absolute Gasteiger partial charge is 0.0809 e. The maximum atomic E-state index is 5.55.